The highest BCUT2D eigenvalue weighted by atomic mass is 35.5. The van der Waals surface area contributed by atoms with Gasteiger partial charge in [-0.25, -0.2) is 9.18 Å². The normalized spacial score (nSPS) is 22.8. The van der Waals surface area contributed by atoms with Gasteiger partial charge in [0, 0.05) is 69.5 Å². The minimum absolute atomic E-state index is 0. The average molecular weight is 707 g/mol. The number of carbonyl (C=O) groups is 2. The number of nitrogens with two attached hydrogens (primary N) is 1. The maximum Gasteiger partial charge on any atom is 0.416 e. The van der Waals surface area contributed by atoms with Gasteiger partial charge in [-0.1, -0.05) is 18.2 Å². The fourth-order valence-corrected chi connectivity index (χ4v) is 6.91. The van der Waals surface area contributed by atoms with E-state index in [4.69, 9.17) is 10.5 Å². The zero-order valence-corrected chi connectivity index (χ0v) is 28.8. The Balaban J connectivity index is 0.00000300. The van der Waals surface area contributed by atoms with E-state index in [9.17, 15) is 22.8 Å². The van der Waals surface area contributed by atoms with Crippen molar-refractivity contribution < 1.29 is 31.9 Å². The first-order valence-corrected chi connectivity index (χ1v) is 15.5. The molecule has 8 nitrogen and oxygen atoms in total. The maximum atomic E-state index is 17.2. The summed E-state index contributed by atoms with van der Waals surface area (Å²) in [6.45, 7) is 8.35. The second-order valence-corrected chi connectivity index (χ2v) is 13.4. The largest absolute Gasteiger partial charge is 0.497 e. The van der Waals surface area contributed by atoms with Crippen molar-refractivity contribution >= 4 is 42.4 Å². The van der Waals surface area contributed by atoms with Crippen molar-refractivity contribution in [3.05, 3.63) is 59.2 Å². The monoisotopic (exact) mass is 705 g/mol. The van der Waals surface area contributed by atoms with E-state index in [1.165, 1.54) is 17.0 Å². The number of carbonyl (C=O) groups excluding carboxylic acids is 2. The lowest BCUT2D eigenvalue weighted by Crippen LogP contribution is -2.53. The molecule has 3 fully saturated rings. The molecule has 2 N–H and O–H groups in total. The topological polar surface area (TPSA) is 82.3 Å². The summed E-state index contributed by atoms with van der Waals surface area (Å²) in [4.78, 5) is 32.6. The number of methoxy groups -OCH3 is 1. The summed E-state index contributed by atoms with van der Waals surface area (Å²) in [5.74, 6) is -0.653. The van der Waals surface area contributed by atoms with Crippen molar-refractivity contribution in [1.29, 1.82) is 0 Å². The lowest BCUT2D eigenvalue weighted by atomic mass is 9.83. The molecule has 0 bridgehead atoms. The van der Waals surface area contributed by atoms with Gasteiger partial charge in [-0.05, 0) is 74.9 Å². The van der Waals surface area contributed by atoms with E-state index in [2.05, 4.69) is 0 Å². The highest BCUT2D eigenvalue weighted by molar-refractivity contribution is 5.87. The standard InChI is InChI=1S/C33H43F4N5O3.2ClH/c1-31(2,3)42-20-27(23-5-8-25(45-4)9-6-23)32(34,21-42)29(43)40-13-11-22(12-14-40)26-10-7-24(33(35,36)37)19-28(26)39-15-17-41(18-16-39)30(38)44;;/h5-10,19,22,27H,11-18,20-21H2,1-4H3,(H2,38,44);2*1H/t27-,32-;;/m0../s1. The zero-order valence-electron chi connectivity index (χ0n) is 27.2. The zero-order chi connectivity index (χ0) is 32.7. The summed E-state index contributed by atoms with van der Waals surface area (Å²) in [6.07, 6.45) is -3.51. The summed E-state index contributed by atoms with van der Waals surface area (Å²) >= 11 is 0. The minimum atomic E-state index is -4.50. The number of piperidine rings is 1. The van der Waals surface area contributed by atoms with E-state index in [0.29, 0.717) is 70.1 Å². The van der Waals surface area contributed by atoms with Crippen molar-refractivity contribution in [2.45, 2.75) is 62.8 Å². The Morgan fingerprint density at radius 2 is 1.49 bits per heavy atom. The van der Waals surface area contributed by atoms with Crippen LogP contribution >= 0.6 is 24.8 Å². The summed E-state index contributed by atoms with van der Waals surface area (Å²) in [5.41, 5.74) is 4.19. The number of likely N-dealkylation sites (tertiary alicyclic amines) is 2. The van der Waals surface area contributed by atoms with Crippen molar-refractivity contribution in [3.8, 4) is 5.75 Å². The van der Waals surface area contributed by atoms with Crippen LogP contribution in [0.4, 0.5) is 28.0 Å². The van der Waals surface area contributed by atoms with Gasteiger partial charge < -0.3 is 25.2 Å². The van der Waals surface area contributed by atoms with Crippen molar-refractivity contribution in [3.63, 3.8) is 0 Å². The quantitative estimate of drug-likeness (QED) is 0.382. The number of urea groups is 1. The molecule has 0 spiro atoms. The van der Waals surface area contributed by atoms with Gasteiger partial charge in [0.1, 0.15) is 5.75 Å². The first-order chi connectivity index (χ1) is 21.1. The molecule has 14 heteroatoms. The number of benzene rings is 2. The molecule has 0 aliphatic carbocycles. The molecule has 3 aliphatic rings. The molecule has 0 aromatic heterocycles. The molecule has 0 unspecified atom stereocenters. The van der Waals surface area contributed by atoms with Gasteiger partial charge in [0.2, 0.25) is 5.67 Å². The van der Waals surface area contributed by atoms with Crippen molar-refractivity contribution in [2.75, 3.05) is 64.4 Å². The molecule has 47 heavy (non-hydrogen) atoms. The molecule has 3 saturated heterocycles. The van der Waals surface area contributed by atoms with Crippen molar-refractivity contribution in [2.24, 2.45) is 5.73 Å². The van der Waals surface area contributed by atoms with E-state index in [0.717, 1.165) is 17.2 Å². The Morgan fingerprint density at radius 1 is 0.894 bits per heavy atom. The van der Waals surface area contributed by atoms with Crippen LogP contribution in [0, 0.1) is 0 Å². The van der Waals surface area contributed by atoms with Gasteiger partial charge in [0.15, 0.2) is 0 Å². The minimum Gasteiger partial charge on any atom is -0.497 e. The van der Waals surface area contributed by atoms with Crippen molar-refractivity contribution in [1.82, 2.24) is 14.7 Å². The number of primary amides is 1. The molecular weight excluding hydrogens is 661 g/mol. The van der Waals surface area contributed by atoms with Crippen LogP contribution in [0.5, 0.6) is 5.75 Å². The second kappa shape index (κ2) is 14.7. The van der Waals surface area contributed by atoms with Gasteiger partial charge >= 0.3 is 12.2 Å². The predicted octanol–water partition coefficient (Wildman–Crippen LogP) is 6.07. The number of amides is 3. The Kier molecular flexibility index (Phi) is 12.0. The number of hydrogen-bond acceptors (Lipinski definition) is 5. The third kappa shape index (κ3) is 8.03. The third-order valence-corrected chi connectivity index (χ3v) is 9.71. The van der Waals surface area contributed by atoms with Crippen LogP contribution in [-0.4, -0.2) is 97.3 Å². The number of anilines is 1. The molecule has 2 aromatic carbocycles. The van der Waals surface area contributed by atoms with Gasteiger partial charge in [-0.2, -0.15) is 13.2 Å². The van der Waals surface area contributed by atoms with Crippen LogP contribution in [0.15, 0.2) is 42.5 Å². The van der Waals surface area contributed by atoms with Crippen LogP contribution in [0.25, 0.3) is 0 Å². The molecule has 3 aliphatic heterocycles. The Morgan fingerprint density at radius 3 is 2.00 bits per heavy atom. The smallest absolute Gasteiger partial charge is 0.416 e. The lowest BCUT2D eigenvalue weighted by molar-refractivity contribution is -0.145. The van der Waals surface area contributed by atoms with Gasteiger partial charge in [0.05, 0.1) is 12.7 Å². The highest BCUT2D eigenvalue weighted by Crippen LogP contribution is 2.45. The summed E-state index contributed by atoms with van der Waals surface area (Å²) < 4.78 is 63.6. The lowest BCUT2D eigenvalue weighted by Gasteiger charge is -2.40. The summed E-state index contributed by atoms with van der Waals surface area (Å²) in [6, 6.07) is 10.5. The van der Waals surface area contributed by atoms with Crippen LogP contribution in [-0.2, 0) is 11.0 Å². The summed E-state index contributed by atoms with van der Waals surface area (Å²) in [7, 11) is 1.57. The van der Waals surface area contributed by atoms with Crippen LogP contribution in [0.1, 0.15) is 62.1 Å². The van der Waals surface area contributed by atoms with Crippen LogP contribution in [0.2, 0.25) is 0 Å². The number of nitrogens with zero attached hydrogens (tertiary/aromatic N) is 4. The molecule has 0 saturated carbocycles. The molecule has 2 atom stereocenters. The Labute approximate surface area is 286 Å². The fraction of sp³-hybridized carbons (Fsp3) is 0.576. The molecule has 3 heterocycles. The van der Waals surface area contributed by atoms with E-state index in [-0.39, 0.29) is 42.8 Å². The fourth-order valence-electron chi connectivity index (χ4n) is 6.91. The number of halogens is 6. The van der Waals surface area contributed by atoms with Gasteiger partial charge in [-0.15, -0.1) is 24.8 Å². The summed E-state index contributed by atoms with van der Waals surface area (Å²) in [5, 5.41) is 0. The van der Waals surface area contributed by atoms with Gasteiger partial charge in [0.25, 0.3) is 5.91 Å². The first-order valence-electron chi connectivity index (χ1n) is 15.5. The molecule has 0 radical (unpaired) electrons. The van der Waals surface area contributed by atoms with Gasteiger partial charge in [-0.3, -0.25) is 9.69 Å². The molecule has 2 aromatic rings. The number of hydrogen-bond donors (Lipinski definition) is 1. The average Bonchev–Trinajstić information content (AvgIpc) is 3.39. The van der Waals surface area contributed by atoms with E-state index < -0.39 is 35.3 Å². The predicted molar refractivity (Wildman–Crippen MR) is 179 cm³/mol. The Bertz CT molecular complexity index is 1390. The SMILES string of the molecule is COc1ccc([C@@H]2CN(C(C)(C)C)C[C@@]2(F)C(=O)N2CCC(c3ccc(C(F)(F)F)cc3N3CCN(C(N)=O)CC3)CC2)cc1.Cl.Cl. The Hall–Kier alpha value is -2.96. The molecule has 5 rings (SSSR count). The van der Waals surface area contributed by atoms with E-state index in [1.54, 1.807) is 24.1 Å². The highest BCUT2D eigenvalue weighted by Gasteiger charge is 2.57. The first kappa shape index (κ1) is 38.5. The maximum absolute atomic E-state index is 17.2. The van der Waals surface area contributed by atoms with Crippen LogP contribution in [0.3, 0.4) is 0 Å². The molecule has 3 amide bonds. The third-order valence-electron chi connectivity index (χ3n) is 9.71. The number of ether oxygens (including phenoxy) is 1. The number of rotatable bonds is 5. The van der Waals surface area contributed by atoms with E-state index in [1.807, 2.05) is 42.7 Å². The second-order valence-electron chi connectivity index (χ2n) is 13.4. The molecule has 262 valence electrons. The number of piperazine rings is 1. The van der Waals surface area contributed by atoms with Crippen LogP contribution < -0.4 is 15.4 Å². The van der Waals surface area contributed by atoms with E-state index >= 15 is 4.39 Å². The number of alkyl halides is 4. The molecular formula is C33H45Cl2F4N5O3.